The molecule has 0 aliphatic heterocycles. The third-order valence-electron chi connectivity index (χ3n) is 2.43. The Morgan fingerprint density at radius 2 is 2.00 bits per heavy atom. The maximum Gasteiger partial charge on any atom is 0.433 e. The summed E-state index contributed by atoms with van der Waals surface area (Å²) in [6, 6.07) is 1.19. The van der Waals surface area contributed by atoms with E-state index < -0.39 is 11.9 Å². The van der Waals surface area contributed by atoms with E-state index in [0.29, 0.717) is 0 Å². The minimum absolute atomic E-state index is 0.217. The fraction of sp³-hybridized carbons (Fsp3) is 0.556. The molecule has 0 spiro atoms. The standard InChI is InChI=1S/C9H9ClF3N3/c1-16(5-2-3-5)7-4-6(9(11,12)13)14-8(10)15-7/h4-5H,2-3H2,1H3. The highest BCUT2D eigenvalue weighted by Crippen LogP contribution is 2.33. The third-order valence-corrected chi connectivity index (χ3v) is 2.60. The molecule has 1 heterocycles. The van der Waals surface area contributed by atoms with Gasteiger partial charge in [0.15, 0.2) is 5.69 Å². The topological polar surface area (TPSA) is 29.0 Å². The second-order valence-corrected chi connectivity index (χ2v) is 4.06. The summed E-state index contributed by atoms with van der Waals surface area (Å²) in [6.07, 6.45) is -2.55. The molecule has 0 saturated heterocycles. The molecule has 88 valence electrons. The zero-order valence-corrected chi connectivity index (χ0v) is 9.18. The van der Waals surface area contributed by atoms with Crippen LogP contribution in [0.4, 0.5) is 19.0 Å². The van der Waals surface area contributed by atoms with E-state index in [1.54, 1.807) is 11.9 Å². The number of nitrogens with zero attached hydrogens (tertiary/aromatic N) is 3. The molecule has 0 atom stereocenters. The molecule has 16 heavy (non-hydrogen) atoms. The van der Waals surface area contributed by atoms with Crippen LogP contribution in [0.15, 0.2) is 6.07 Å². The lowest BCUT2D eigenvalue weighted by molar-refractivity contribution is -0.141. The van der Waals surface area contributed by atoms with Gasteiger partial charge in [-0.1, -0.05) is 0 Å². The van der Waals surface area contributed by atoms with Gasteiger partial charge >= 0.3 is 6.18 Å². The summed E-state index contributed by atoms with van der Waals surface area (Å²) in [5, 5.41) is -0.377. The van der Waals surface area contributed by atoms with Crippen LogP contribution in [-0.4, -0.2) is 23.1 Å². The number of hydrogen-bond donors (Lipinski definition) is 0. The number of aromatic nitrogens is 2. The van der Waals surface area contributed by atoms with E-state index in [1.165, 1.54) is 0 Å². The first-order chi connectivity index (χ1) is 7.38. The first-order valence-corrected chi connectivity index (χ1v) is 5.10. The second kappa shape index (κ2) is 3.76. The van der Waals surface area contributed by atoms with E-state index in [9.17, 15) is 13.2 Å². The minimum Gasteiger partial charge on any atom is -0.357 e. The smallest absolute Gasteiger partial charge is 0.357 e. The molecule has 3 nitrogen and oxygen atoms in total. The molecule has 0 amide bonds. The van der Waals surface area contributed by atoms with Crippen LogP contribution in [-0.2, 0) is 6.18 Å². The minimum atomic E-state index is -4.49. The van der Waals surface area contributed by atoms with Gasteiger partial charge in [0, 0.05) is 19.2 Å². The van der Waals surface area contributed by atoms with Crippen molar-refractivity contribution in [3.05, 3.63) is 17.0 Å². The van der Waals surface area contributed by atoms with E-state index >= 15 is 0 Å². The highest BCUT2D eigenvalue weighted by molar-refractivity contribution is 6.28. The van der Waals surface area contributed by atoms with Crippen molar-refractivity contribution >= 4 is 17.4 Å². The molecule has 0 unspecified atom stereocenters. The van der Waals surface area contributed by atoms with E-state index in [-0.39, 0.29) is 17.1 Å². The fourth-order valence-corrected chi connectivity index (χ4v) is 1.56. The molecule has 0 bridgehead atoms. The Morgan fingerprint density at radius 3 is 2.50 bits per heavy atom. The lowest BCUT2D eigenvalue weighted by Crippen LogP contribution is -2.22. The summed E-state index contributed by atoms with van der Waals surface area (Å²) in [5.74, 6) is 0.217. The largest absolute Gasteiger partial charge is 0.433 e. The van der Waals surface area contributed by atoms with E-state index in [2.05, 4.69) is 9.97 Å². The quantitative estimate of drug-likeness (QED) is 0.757. The summed E-state index contributed by atoms with van der Waals surface area (Å²) in [7, 11) is 1.70. The maximum absolute atomic E-state index is 12.5. The van der Waals surface area contributed by atoms with Crippen molar-refractivity contribution in [3.8, 4) is 0 Å². The van der Waals surface area contributed by atoms with Gasteiger partial charge in [0.25, 0.3) is 0 Å². The van der Waals surface area contributed by atoms with E-state index in [0.717, 1.165) is 18.9 Å². The zero-order chi connectivity index (χ0) is 11.9. The van der Waals surface area contributed by atoms with Crippen LogP contribution in [0.1, 0.15) is 18.5 Å². The predicted octanol–water partition coefficient (Wildman–Crippen LogP) is 2.75. The van der Waals surface area contributed by atoms with E-state index in [1.807, 2.05) is 0 Å². The Bertz CT molecular complexity index is 403. The van der Waals surface area contributed by atoms with Gasteiger partial charge in [0.05, 0.1) is 0 Å². The summed E-state index contributed by atoms with van der Waals surface area (Å²) in [6.45, 7) is 0. The Morgan fingerprint density at radius 1 is 1.38 bits per heavy atom. The van der Waals surface area contributed by atoms with Crippen molar-refractivity contribution in [1.82, 2.24) is 9.97 Å². The predicted molar refractivity (Wildman–Crippen MR) is 53.5 cm³/mol. The Hall–Kier alpha value is -1.04. The van der Waals surface area contributed by atoms with Crippen LogP contribution in [0.25, 0.3) is 0 Å². The molecule has 1 aromatic rings. The summed E-state index contributed by atoms with van der Waals surface area (Å²) >= 11 is 5.48. The van der Waals surface area contributed by atoms with Gasteiger partial charge in [-0.2, -0.15) is 13.2 Å². The second-order valence-electron chi connectivity index (χ2n) is 3.72. The summed E-state index contributed by atoms with van der Waals surface area (Å²) in [4.78, 5) is 8.66. The molecule has 2 rings (SSSR count). The monoisotopic (exact) mass is 251 g/mol. The molecule has 1 aromatic heterocycles. The van der Waals surface area contributed by atoms with Gasteiger partial charge < -0.3 is 4.90 Å². The molecule has 1 aliphatic rings. The molecular weight excluding hydrogens is 243 g/mol. The highest BCUT2D eigenvalue weighted by Gasteiger charge is 2.35. The Labute approximate surface area is 95.2 Å². The van der Waals surface area contributed by atoms with E-state index in [4.69, 9.17) is 11.6 Å². The van der Waals surface area contributed by atoms with Gasteiger partial charge in [0.1, 0.15) is 5.82 Å². The van der Waals surface area contributed by atoms with Gasteiger partial charge in [-0.15, -0.1) is 0 Å². The van der Waals surface area contributed by atoms with Crippen molar-refractivity contribution in [2.24, 2.45) is 0 Å². The highest BCUT2D eigenvalue weighted by atomic mass is 35.5. The molecule has 7 heteroatoms. The van der Waals surface area contributed by atoms with Gasteiger partial charge in [0.2, 0.25) is 5.28 Å². The number of halogens is 4. The number of rotatable bonds is 2. The van der Waals surface area contributed by atoms with Crippen LogP contribution >= 0.6 is 11.6 Å². The average Bonchev–Trinajstić information content (AvgIpc) is 2.97. The normalized spacial score (nSPS) is 16.3. The number of anilines is 1. The van der Waals surface area contributed by atoms with Crippen molar-refractivity contribution in [2.45, 2.75) is 25.1 Å². The SMILES string of the molecule is CN(c1cc(C(F)(F)F)nc(Cl)n1)C1CC1. The molecule has 1 saturated carbocycles. The van der Waals surface area contributed by atoms with Crippen molar-refractivity contribution in [1.29, 1.82) is 0 Å². The molecule has 0 radical (unpaired) electrons. The van der Waals surface area contributed by atoms with Gasteiger partial charge in [-0.3, -0.25) is 0 Å². The van der Waals surface area contributed by atoms with Crippen molar-refractivity contribution in [3.63, 3.8) is 0 Å². The number of hydrogen-bond acceptors (Lipinski definition) is 3. The third kappa shape index (κ3) is 2.37. The van der Waals surface area contributed by atoms with Crippen LogP contribution in [0.5, 0.6) is 0 Å². The van der Waals surface area contributed by atoms with Crippen LogP contribution in [0.3, 0.4) is 0 Å². The lowest BCUT2D eigenvalue weighted by atomic mass is 10.3. The van der Waals surface area contributed by atoms with Gasteiger partial charge in [-0.05, 0) is 24.4 Å². The van der Waals surface area contributed by atoms with Gasteiger partial charge in [-0.25, -0.2) is 9.97 Å². The lowest BCUT2D eigenvalue weighted by Gasteiger charge is -2.18. The van der Waals surface area contributed by atoms with Crippen LogP contribution < -0.4 is 4.90 Å². The van der Waals surface area contributed by atoms with Crippen molar-refractivity contribution < 1.29 is 13.2 Å². The first kappa shape index (κ1) is 11.4. The summed E-state index contributed by atoms with van der Waals surface area (Å²) in [5.41, 5.74) is -1.00. The van der Waals surface area contributed by atoms with Crippen LogP contribution in [0.2, 0.25) is 5.28 Å². The molecule has 1 fully saturated rings. The zero-order valence-electron chi connectivity index (χ0n) is 8.42. The molecule has 1 aliphatic carbocycles. The first-order valence-electron chi connectivity index (χ1n) is 4.72. The number of alkyl halides is 3. The molecular formula is C9H9ClF3N3. The summed E-state index contributed by atoms with van der Waals surface area (Å²) < 4.78 is 37.4. The maximum atomic E-state index is 12.5. The molecule has 0 N–H and O–H groups in total. The van der Waals surface area contributed by atoms with Crippen LogP contribution in [0, 0.1) is 0 Å². The Balaban J connectivity index is 2.35. The average molecular weight is 252 g/mol. The molecule has 0 aromatic carbocycles. The van der Waals surface area contributed by atoms with Crippen molar-refractivity contribution in [2.75, 3.05) is 11.9 Å². The fourth-order valence-electron chi connectivity index (χ4n) is 1.38. The Kier molecular flexibility index (Phi) is 2.69.